The largest absolute Gasteiger partial charge is 0.390 e. The van der Waals surface area contributed by atoms with Crippen molar-refractivity contribution in [3.05, 3.63) is 11.4 Å². The molecule has 0 radical (unpaired) electrons. The first-order valence-electron chi connectivity index (χ1n) is 4.12. The highest BCUT2D eigenvalue weighted by Gasteiger charge is 2.25. The zero-order valence-corrected chi connectivity index (χ0v) is 8.10. The van der Waals surface area contributed by atoms with Crippen molar-refractivity contribution in [1.82, 2.24) is 5.32 Å². The fraction of sp³-hybridized carbons (Fsp3) is 0.667. The molecule has 0 amide bonds. The van der Waals surface area contributed by atoms with Crippen LogP contribution in [0.2, 0.25) is 0 Å². The van der Waals surface area contributed by atoms with Gasteiger partial charge in [0, 0.05) is 11.4 Å². The predicted octanol–water partition coefficient (Wildman–Crippen LogP) is 1.05. The lowest BCUT2D eigenvalue weighted by molar-refractivity contribution is 0.324. The molecule has 3 nitrogen and oxygen atoms in total. The summed E-state index contributed by atoms with van der Waals surface area (Å²) in [6.45, 7) is 8.05. The van der Waals surface area contributed by atoms with Crippen LogP contribution in [0.4, 0.5) is 0 Å². The normalized spacial score (nSPS) is 21.9. The number of rotatable bonds is 1. The third-order valence-electron chi connectivity index (χ3n) is 2.29. The Morgan fingerprint density at radius 1 is 1.42 bits per heavy atom. The Bertz CT molecular complexity index is 251. The number of nitrogens with zero attached hydrogens (tertiary/aromatic N) is 1. The molecule has 0 saturated carbocycles. The summed E-state index contributed by atoms with van der Waals surface area (Å²) in [5.74, 6) is 0. The molecular weight excluding hydrogens is 152 g/mol. The second kappa shape index (κ2) is 2.90. The van der Waals surface area contributed by atoms with Crippen molar-refractivity contribution in [3.8, 4) is 0 Å². The maximum absolute atomic E-state index is 8.94. The van der Waals surface area contributed by atoms with Gasteiger partial charge in [-0.25, -0.2) is 0 Å². The van der Waals surface area contributed by atoms with E-state index in [1.807, 2.05) is 13.8 Å². The summed E-state index contributed by atoms with van der Waals surface area (Å²) in [5.41, 5.74) is 2.64. The van der Waals surface area contributed by atoms with Crippen LogP contribution in [-0.4, -0.2) is 23.0 Å². The maximum Gasteiger partial charge on any atom is 0.0870 e. The van der Waals surface area contributed by atoms with Gasteiger partial charge in [-0.1, -0.05) is 0 Å². The summed E-state index contributed by atoms with van der Waals surface area (Å²) in [6.07, 6.45) is 0. The van der Waals surface area contributed by atoms with Gasteiger partial charge in [0.15, 0.2) is 0 Å². The van der Waals surface area contributed by atoms with Crippen LogP contribution in [0.1, 0.15) is 27.7 Å². The minimum atomic E-state index is -0.0806. The van der Waals surface area contributed by atoms with Gasteiger partial charge in [0.1, 0.15) is 0 Å². The van der Waals surface area contributed by atoms with E-state index in [0.29, 0.717) is 0 Å². The number of hydrogen-bond donors (Lipinski definition) is 2. The number of aliphatic hydroxyl groups excluding tert-OH is 1. The third-order valence-corrected chi connectivity index (χ3v) is 2.29. The highest BCUT2D eigenvalue weighted by molar-refractivity contribution is 5.92. The van der Waals surface area contributed by atoms with Crippen molar-refractivity contribution >= 4 is 5.71 Å². The molecule has 1 aliphatic rings. The van der Waals surface area contributed by atoms with E-state index in [2.05, 4.69) is 24.2 Å². The van der Waals surface area contributed by atoms with Crippen LogP contribution in [0.15, 0.2) is 16.4 Å². The molecule has 12 heavy (non-hydrogen) atoms. The van der Waals surface area contributed by atoms with E-state index in [4.69, 9.17) is 5.11 Å². The quantitative estimate of drug-likeness (QED) is 0.614. The first-order chi connectivity index (χ1) is 5.47. The van der Waals surface area contributed by atoms with Gasteiger partial charge in [0.05, 0.1) is 17.8 Å². The van der Waals surface area contributed by atoms with Crippen LogP contribution in [0.3, 0.4) is 0 Å². The second-order valence-electron chi connectivity index (χ2n) is 3.68. The van der Waals surface area contributed by atoms with E-state index in [1.165, 1.54) is 0 Å². The molecule has 0 aliphatic carbocycles. The molecule has 3 heteroatoms. The predicted molar refractivity (Wildman–Crippen MR) is 50.1 cm³/mol. The van der Waals surface area contributed by atoms with Crippen LogP contribution in [0.25, 0.3) is 0 Å². The van der Waals surface area contributed by atoms with E-state index in [9.17, 15) is 0 Å². The fourth-order valence-corrected chi connectivity index (χ4v) is 1.21. The number of allylic oxidation sites excluding steroid dienone is 1. The maximum atomic E-state index is 8.94. The summed E-state index contributed by atoms with van der Waals surface area (Å²) in [6, 6.07) is 0. The van der Waals surface area contributed by atoms with E-state index in [0.717, 1.165) is 17.1 Å². The van der Waals surface area contributed by atoms with Gasteiger partial charge >= 0.3 is 0 Å². The Balaban J connectivity index is 2.99. The first-order valence-corrected chi connectivity index (χ1v) is 4.12. The van der Waals surface area contributed by atoms with Crippen LogP contribution >= 0.6 is 0 Å². The van der Waals surface area contributed by atoms with Crippen LogP contribution in [0.5, 0.6) is 0 Å². The highest BCUT2D eigenvalue weighted by atomic mass is 16.3. The number of aliphatic imine (C=N–C) groups is 1. The molecule has 0 fully saturated rings. The smallest absolute Gasteiger partial charge is 0.0870 e. The monoisotopic (exact) mass is 168 g/mol. The molecule has 1 heterocycles. The van der Waals surface area contributed by atoms with Crippen molar-refractivity contribution in [1.29, 1.82) is 0 Å². The van der Waals surface area contributed by atoms with Crippen molar-refractivity contribution in [2.24, 2.45) is 4.99 Å². The summed E-state index contributed by atoms with van der Waals surface area (Å²) < 4.78 is 0. The molecular formula is C9H16N2O. The Morgan fingerprint density at radius 2 is 2.00 bits per heavy atom. The van der Waals surface area contributed by atoms with E-state index in [-0.39, 0.29) is 12.1 Å². The van der Waals surface area contributed by atoms with Crippen molar-refractivity contribution in [2.75, 3.05) is 6.61 Å². The molecule has 2 N–H and O–H groups in total. The summed E-state index contributed by atoms with van der Waals surface area (Å²) in [5, 5.41) is 12.2. The highest BCUT2D eigenvalue weighted by Crippen LogP contribution is 2.18. The van der Waals surface area contributed by atoms with Gasteiger partial charge in [-0.05, 0) is 27.7 Å². The van der Waals surface area contributed by atoms with Crippen molar-refractivity contribution in [3.63, 3.8) is 0 Å². The fourth-order valence-electron chi connectivity index (χ4n) is 1.21. The van der Waals surface area contributed by atoms with Crippen LogP contribution in [-0.2, 0) is 0 Å². The van der Waals surface area contributed by atoms with Crippen molar-refractivity contribution < 1.29 is 5.11 Å². The summed E-state index contributed by atoms with van der Waals surface area (Å²) in [7, 11) is 0. The van der Waals surface area contributed by atoms with Gasteiger partial charge in [0.25, 0.3) is 0 Å². The number of aliphatic hydroxyl groups is 1. The van der Waals surface area contributed by atoms with Crippen molar-refractivity contribution in [2.45, 2.75) is 33.2 Å². The molecule has 1 aliphatic heterocycles. The average Bonchev–Trinajstić information content (AvgIpc) is 1.96. The van der Waals surface area contributed by atoms with Gasteiger partial charge in [-0.2, -0.15) is 0 Å². The molecule has 0 saturated heterocycles. The van der Waals surface area contributed by atoms with Crippen LogP contribution in [0, 0.1) is 0 Å². The molecule has 0 bridgehead atoms. The minimum absolute atomic E-state index is 0.00620. The summed E-state index contributed by atoms with van der Waals surface area (Å²) in [4.78, 5) is 4.32. The Morgan fingerprint density at radius 3 is 2.50 bits per heavy atom. The lowest BCUT2D eigenvalue weighted by atomic mass is 9.97. The van der Waals surface area contributed by atoms with E-state index < -0.39 is 0 Å². The molecule has 0 unspecified atom stereocenters. The van der Waals surface area contributed by atoms with Gasteiger partial charge in [0.2, 0.25) is 0 Å². The molecule has 1 rings (SSSR count). The topological polar surface area (TPSA) is 44.6 Å². The van der Waals surface area contributed by atoms with Gasteiger partial charge < -0.3 is 10.4 Å². The molecule has 0 atom stereocenters. The van der Waals surface area contributed by atoms with Crippen LogP contribution < -0.4 is 5.32 Å². The molecule has 0 aromatic rings. The third kappa shape index (κ3) is 1.50. The number of hydrogen-bond acceptors (Lipinski definition) is 3. The van der Waals surface area contributed by atoms with Gasteiger partial charge in [-0.15, -0.1) is 0 Å². The minimum Gasteiger partial charge on any atom is -0.390 e. The van der Waals surface area contributed by atoms with E-state index >= 15 is 0 Å². The Hall–Kier alpha value is -0.830. The zero-order chi connectivity index (χ0) is 9.35. The molecule has 68 valence electrons. The Labute approximate surface area is 73.2 Å². The Kier molecular flexibility index (Phi) is 2.24. The standard InChI is InChI=1S/C9H16N2O/c1-6-8(5-12)10-7(2)9(3,4)11-6/h11-12H,5H2,1-4H3. The first kappa shape index (κ1) is 9.26. The zero-order valence-electron chi connectivity index (χ0n) is 8.10. The lowest BCUT2D eigenvalue weighted by Gasteiger charge is -2.32. The SMILES string of the molecule is CC1=NC(CO)=C(C)NC1(C)C. The molecule has 0 spiro atoms. The second-order valence-corrected chi connectivity index (χ2v) is 3.68. The number of nitrogens with one attached hydrogen (secondary N) is 1. The lowest BCUT2D eigenvalue weighted by Crippen LogP contribution is -2.47. The molecule has 0 aromatic heterocycles. The average molecular weight is 168 g/mol. The van der Waals surface area contributed by atoms with E-state index in [1.54, 1.807) is 0 Å². The van der Waals surface area contributed by atoms with Gasteiger partial charge in [-0.3, -0.25) is 4.99 Å². The summed E-state index contributed by atoms with van der Waals surface area (Å²) >= 11 is 0. The molecule has 0 aromatic carbocycles.